The van der Waals surface area contributed by atoms with Gasteiger partial charge in [0.1, 0.15) is 11.3 Å². The molecule has 1 aromatic carbocycles. The standard InChI is InChI=1S/C15H23NO3/c1-7-19-14(17)15(4,5)16-12-8-10(2)13(18-6)11(3)9-12/h8-9,16H,7H2,1-6H3. The SMILES string of the molecule is CCOC(=O)C(C)(C)Nc1cc(C)c(OC)c(C)c1. The van der Waals surface area contributed by atoms with E-state index in [1.165, 1.54) is 0 Å². The van der Waals surface area contributed by atoms with E-state index in [4.69, 9.17) is 9.47 Å². The Bertz CT molecular complexity index is 443. The summed E-state index contributed by atoms with van der Waals surface area (Å²) < 4.78 is 10.4. The van der Waals surface area contributed by atoms with Gasteiger partial charge in [0, 0.05) is 5.69 Å². The highest BCUT2D eigenvalue weighted by atomic mass is 16.5. The Morgan fingerprint density at radius 1 is 1.26 bits per heavy atom. The van der Waals surface area contributed by atoms with E-state index in [0.29, 0.717) is 6.61 Å². The van der Waals surface area contributed by atoms with E-state index in [2.05, 4.69) is 5.32 Å². The summed E-state index contributed by atoms with van der Waals surface area (Å²) in [7, 11) is 1.66. The van der Waals surface area contributed by atoms with Crippen LogP contribution in [0.15, 0.2) is 12.1 Å². The number of ether oxygens (including phenoxy) is 2. The Morgan fingerprint density at radius 3 is 2.21 bits per heavy atom. The van der Waals surface area contributed by atoms with Crippen molar-refractivity contribution in [3.8, 4) is 5.75 Å². The van der Waals surface area contributed by atoms with Gasteiger partial charge in [-0.15, -0.1) is 0 Å². The van der Waals surface area contributed by atoms with Gasteiger partial charge >= 0.3 is 5.97 Å². The van der Waals surface area contributed by atoms with Gasteiger partial charge in [-0.1, -0.05) is 0 Å². The maximum Gasteiger partial charge on any atom is 0.331 e. The number of nitrogens with one attached hydrogen (secondary N) is 1. The van der Waals surface area contributed by atoms with Gasteiger partial charge in [-0.25, -0.2) is 4.79 Å². The zero-order valence-corrected chi connectivity index (χ0v) is 12.6. The highest BCUT2D eigenvalue weighted by molar-refractivity contribution is 5.83. The molecule has 0 unspecified atom stereocenters. The van der Waals surface area contributed by atoms with E-state index >= 15 is 0 Å². The van der Waals surface area contributed by atoms with E-state index in [1.54, 1.807) is 27.9 Å². The van der Waals surface area contributed by atoms with Gasteiger partial charge in [0.2, 0.25) is 0 Å². The molecular weight excluding hydrogens is 242 g/mol. The van der Waals surface area contributed by atoms with E-state index in [1.807, 2.05) is 26.0 Å². The molecule has 0 spiro atoms. The van der Waals surface area contributed by atoms with Crippen molar-refractivity contribution in [2.75, 3.05) is 19.0 Å². The molecule has 0 heterocycles. The average Bonchev–Trinajstić information content (AvgIpc) is 2.28. The number of hydrogen-bond acceptors (Lipinski definition) is 4. The molecule has 0 amide bonds. The second-order valence-electron chi connectivity index (χ2n) is 5.11. The minimum Gasteiger partial charge on any atom is -0.496 e. The van der Waals surface area contributed by atoms with Gasteiger partial charge in [-0.3, -0.25) is 0 Å². The number of esters is 1. The molecule has 0 saturated heterocycles. The number of hydrogen-bond donors (Lipinski definition) is 1. The molecule has 0 aliphatic carbocycles. The number of methoxy groups -OCH3 is 1. The summed E-state index contributed by atoms with van der Waals surface area (Å²) >= 11 is 0. The number of carbonyl (C=O) groups is 1. The Balaban J connectivity index is 2.97. The second-order valence-corrected chi connectivity index (χ2v) is 5.11. The zero-order chi connectivity index (χ0) is 14.6. The number of carbonyl (C=O) groups excluding carboxylic acids is 1. The van der Waals surface area contributed by atoms with Gasteiger partial charge < -0.3 is 14.8 Å². The molecule has 1 aromatic rings. The molecule has 4 nitrogen and oxygen atoms in total. The largest absolute Gasteiger partial charge is 0.496 e. The van der Waals surface area contributed by atoms with Gasteiger partial charge in [0.15, 0.2) is 0 Å². The van der Waals surface area contributed by atoms with Crippen LogP contribution in [-0.4, -0.2) is 25.2 Å². The summed E-state index contributed by atoms with van der Waals surface area (Å²) in [5.41, 5.74) is 2.19. The van der Waals surface area contributed by atoms with Gasteiger partial charge in [0.05, 0.1) is 13.7 Å². The minimum atomic E-state index is -0.760. The van der Waals surface area contributed by atoms with Crippen LogP contribution >= 0.6 is 0 Å². The quantitative estimate of drug-likeness (QED) is 0.831. The fourth-order valence-electron chi connectivity index (χ4n) is 2.07. The van der Waals surface area contributed by atoms with Crippen molar-refractivity contribution in [2.45, 2.75) is 40.2 Å². The smallest absolute Gasteiger partial charge is 0.331 e. The summed E-state index contributed by atoms with van der Waals surface area (Å²) in [4.78, 5) is 11.9. The molecule has 0 aliphatic heterocycles. The van der Waals surface area contributed by atoms with Crippen LogP contribution in [0.2, 0.25) is 0 Å². The molecule has 1 N–H and O–H groups in total. The number of aryl methyl sites for hydroxylation is 2. The van der Waals surface area contributed by atoms with Crippen LogP contribution in [0.4, 0.5) is 5.69 Å². The van der Waals surface area contributed by atoms with Gasteiger partial charge in [0.25, 0.3) is 0 Å². The highest BCUT2D eigenvalue weighted by Gasteiger charge is 2.29. The lowest BCUT2D eigenvalue weighted by atomic mass is 10.0. The molecule has 0 radical (unpaired) electrons. The Hall–Kier alpha value is -1.71. The van der Waals surface area contributed by atoms with Crippen LogP contribution in [0.5, 0.6) is 5.75 Å². The van der Waals surface area contributed by atoms with Crippen LogP contribution in [0, 0.1) is 13.8 Å². The van der Waals surface area contributed by atoms with E-state index < -0.39 is 5.54 Å². The third-order valence-corrected chi connectivity index (χ3v) is 2.91. The summed E-state index contributed by atoms with van der Waals surface area (Å²) in [6, 6.07) is 3.93. The molecule has 0 saturated carbocycles. The monoisotopic (exact) mass is 265 g/mol. The third-order valence-electron chi connectivity index (χ3n) is 2.91. The maximum absolute atomic E-state index is 11.9. The number of benzene rings is 1. The van der Waals surface area contributed by atoms with Crippen molar-refractivity contribution in [3.05, 3.63) is 23.3 Å². The van der Waals surface area contributed by atoms with E-state index in [9.17, 15) is 4.79 Å². The first kappa shape index (κ1) is 15.3. The van der Waals surface area contributed by atoms with E-state index in [-0.39, 0.29) is 5.97 Å². The number of anilines is 1. The van der Waals surface area contributed by atoms with Gasteiger partial charge in [-0.05, 0) is 57.9 Å². The molecule has 1 rings (SSSR count). The first-order valence-corrected chi connectivity index (χ1v) is 6.42. The van der Waals surface area contributed by atoms with Crippen LogP contribution < -0.4 is 10.1 Å². The lowest BCUT2D eigenvalue weighted by Gasteiger charge is -2.26. The van der Waals surface area contributed by atoms with Crippen molar-refractivity contribution in [1.29, 1.82) is 0 Å². The predicted octanol–water partition coefficient (Wildman–Crippen LogP) is 3.07. The summed E-state index contributed by atoms with van der Waals surface area (Å²) in [6.07, 6.45) is 0. The van der Waals surface area contributed by atoms with Crippen molar-refractivity contribution in [1.82, 2.24) is 0 Å². The zero-order valence-electron chi connectivity index (χ0n) is 12.6. The Kier molecular flexibility index (Phi) is 4.81. The predicted molar refractivity (Wildman–Crippen MR) is 76.8 cm³/mol. The molecule has 0 bridgehead atoms. The topological polar surface area (TPSA) is 47.6 Å². The van der Waals surface area contributed by atoms with E-state index in [0.717, 1.165) is 22.6 Å². The summed E-state index contributed by atoms with van der Waals surface area (Å²) in [5, 5.41) is 3.21. The molecule has 19 heavy (non-hydrogen) atoms. The molecular formula is C15H23NO3. The Morgan fingerprint density at radius 2 is 1.79 bits per heavy atom. The second kappa shape index (κ2) is 5.95. The Labute approximate surface area is 115 Å². The van der Waals surface area contributed by atoms with Crippen LogP contribution in [-0.2, 0) is 9.53 Å². The first-order valence-electron chi connectivity index (χ1n) is 6.42. The normalized spacial score (nSPS) is 11.1. The van der Waals surface area contributed by atoms with Crippen molar-refractivity contribution >= 4 is 11.7 Å². The third kappa shape index (κ3) is 3.63. The van der Waals surface area contributed by atoms with Crippen LogP contribution in [0.25, 0.3) is 0 Å². The highest BCUT2D eigenvalue weighted by Crippen LogP contribution is 2.28. The lowest BCUT2D eigenvalue weighted by molar-refractivity contribution is -0.147. The van der Waals surface area contributed by atoms with Crippen molar-refractivity contribution in [3.63, 3.8) is 0 Å². The molecule has 0 fully saturated rings. The fourth-order valence-corrected chi connectivity index (χ4v) is 2.07. The minimum absolute atomic E-state index is 0.263. The summed E-state index contributed by atoms with van der Waals surface area (Å²) in [5.74, 6) is 0.612. The van der Waals surface area contributed by atoms with Crippen molar-refractivity contribution < 1.29 is 14.3 Å². The molecule has 0 atom stereocenters. The number of rotatable bonds is 5. The van der Waals surface area contributed by atoms with Crippen LogP contribution in [0.1, 0.15) is 31.9 Å². The fraction of sp³-hybridized carbons (Fsp3) is 0.533. The molecule has 0 aliphatic rings. The maximum atomic E-state index is 11.9. The molecule has 0 aromatic heterocycles. The first-order chi connectivity index (χ1) is 8.81. The lowest BCUT2D eigenvalue weighted by Crippen LogP contribution is -2.41. The van der Waals surface area contributed by atoms with Crippen molar-refractivity contribution in [2.24, 2.45) is 0 Å². The summed E-state index contributed by atoms with van der Waals surface area (Å²) in [6.45, 7) is 9.75. The molecule has 106 valence electrons. The molecule has 4 heteroatoms. The van der Waals surface area contributed by atoms with Crippen LogP contribution in [0.3, 0.4) is 0 Å². The average molecular weight is 265 g/mol. The van der Waals surface area contributed by atoms with Gasteiger partial charge in [-0.2, -0.15) is 0 Å².